The molecule has 1 aliphatic heterocycles. The minimum Gasteiger partial charge on any atom is -0.274 e. The summed E-state index contributed by atoms with van der Waals surface area (Å²) in [4.78, 5) is -0.882. The lowest BCUT2D eigenvalue weighted by Gasteiger charge is -2.03. The van der Waals surface area contributed by atoms with E-state index >= 15 is 0 Å². The maximum atomic E-state index is 12.4. The van der Waals surface area contributed by atoms with Gasteiger partial charge in [0.2, 0.25) is 10.3 Å². The third-order valence-corrected chi connectivity index (χ3v) is 2.00. The number of rotatable bonds is 0. The number of alkyl halides is 2. The van der Waals surface area contributed by atoms with Gasteiger partial charge < -0.3 is 0 Å². The zero-order valence-corrected chi connectivity index (χ0v) is 5.71. The van der Waals surface area contributed by atoms with E-state index < -0.39 is 27.6 Å². The van der Waals surface area contributed by atoms with E-state index in [1.807, 2.05) is 0 Å². The van der Waals surface area contributed by atoms with Crippen LogP contribution in [0.1, 0.15) is 6.42 Å². The van der Waals surface area contributed by atoms with Gasteiger partial charge >= 0.3 is 0 Å². The molecule has 3 nitrogen and oxygen atoms in total. The van der Waals surface area contributed by atoms with Crippen LogP contribution in [-0.2, 0) is 10.3 Å². The smallest absolute Gasteiger partial charge is 0.274 e. The zero-order chi connectivity index (χ0) is 7.78. The van der Waals surface area contributed by atoms with E-state index in [2.05, 4.69) is 5.32 Å². The summed E-state index contributed by atoms with van der Waals surface area (Å²) in [6.45, 7) is 0.0241. The van der Waals surface area contributed by atoms with E-state index in [0.717, 1.165) is 0 Å². The summed E-state index contributed by atoms with van der Waals surface area (Å²) in [7, 11) is -2.80. The average Bonchev–Trinajstić information content (AvgIpc) is 2.08. The van der Waals surface area contributed by atoms with Crippen LogP contribution in [0.2, 0.25) is 0 Å². The van der Waals surface area contributed by atoms with Crippen molar-refractivity contribution in [2.75, 3.05) is 6.54 Å². The van der Waals surface area contributed by atoms with Crippen molar-refractivity contribution in [1.29, 1.82) is 0 Å². The molecular weight excluding hydrogens is 164 g/mol. The monoisotopic (exact) mass is 169 g/mol. The largest absolute Gasteiger partial charge is 0.298 e. The third kappa shape index (κ3) is 1.17. The number of nitrogens with one attached hydrogen (secondary N) is 1. The SMILES string of the molecule is O=S(=O)=C1NCCC1(F)F. The summed E-state index contributed by atoms with van der Waals surface area (Å²) in [6.07, 6.45) is -0.434. The van der Waals surface area contributed by atoms with Gasteiger partial charge in [-0.3, -0.25) is 5.32 Å². The number of hydrogen-bond donors (Lipinski definition) is 1. The lowest BCUT2D eigenvalue weighted by atomic mass is 10.3. The molecule has 0 aromatic carbocycles. The lowest BCUT2D eigenvalue weighted by Crippen LogP contribution is -2.29. The molecule has 0 aromatic heterocycles. The van der Waals surface area contributed by atoms with Crippen molar-refractivity contribution in [3.05, 3.63) is 0 Å². The van der Waals surface area contributed by atoms with Crippen LogP contribution in [0, 0.1) is 0 Å². The van der Waals surface area contributed by atoms with Crippen molar-refractivity contribution in [3.8, 4) is 0 Å². The van der Waals surface area contributed by atoms with E-state index in [9.17, 15) is 17.2 Å². The van der Waals surface area contributed by atoms with E-state index in [4.69, 9.17) is 0 Å². The van der Waals surface area contributed by atoms with E-state index in [0.29, 0.717) is 0 Å². The molecule has 1 rings (SSSR count). The van der Waals surface area contributed by atoms with Crippen LogP contribution in [0.15, 0.2) is 0 Å². The molecule has 6 heteroatoms. The molecule has 0 aliphatic carbocycles. The van der Waals surface area contributed by atoms with Crippen LogP contribution in [0.4, 0.5) is 8.78 Å². The zero-order valence-electron chi connectivity index (χ0n) is 4.89. The molecule has 0 spiro atoms. The molecule has 0 aromatic rings. The Balaban J connectivity index is 3.13. The first-order valence-corrected chi connectivity index (χ1v) is 3.70. The normalized spacial score (nSPS) is 23.2. The predicted molar refractivity (Wildman–Crippen MR) is 31.5 cm³/mol. The van der Waals surface area contributed by atoms with Crippen molar-refractivity contribution in [2.24, 2.45) is 0 Å². The second-order valence-electron chi connectivity index (χ2n) is 1.95. The van der Waals surface area contributed by atoms with Gasteiger partial charge in [-0.2, -0.15) is 17.2 Å². The summed E-state index contributed by atoms with van der Waals surface area (Å²) >= 11 is 0. The highest BCUT2D eigenvalue weighted by Gasteiger charge is 2.41. The van der Waals surface area contributed by atoms with Crippen molar-refractivity contribution >= 4 is 15.3 Å². The van der Waals surface area contributed by atoms with Crippen molar-refractivity contribution in [1.82, 2.24) is 5.32 Å². The molecule has 10 heavy (non-hydrogen) atoms. The van der Waals surface area contributed by atoms with Crippen LogP contribution in [0.5, 0.6) is 0 Å². The molecule has 58 valence electrons. The quantitative estimate of drug-likeness (QED) is 0.503. The minimum absolute atomic E-state index is 0.0241. The Bertz CT molecular complexity index is 261. The molecule has 1 heterocycles. The van der Waals surface area contributed by atoms with Crippen LogP contribution in [0.3, 0.4) is 0 Å². The molecule has 0 radical (unpaired) electrons. The summed E-state index contributed by atoms with van der Waals surface area (Å²) in [6, 6.07) is 0. The molecule has 0 saturated carbocycles. The number of halogens is 2. The van der Waals surface area contributed by atoms with Gasteiger partial charge in [0.1, 0.15) is 0 Å². The molecule has 0 unspecified atom stereocenters. The van der Waals surface area contributed by atoms with Crippen molar-refractivity contribution in [2.45, 2.75) is 12.3 Å². The Morgan fingerprint density at radius 1 is 1.50 bits per heavy atom. The lowest BCUT2D eigenvalue weighted by molar-refractivity contribution is 0.0846. The fourth-order valence-corrected chi connectivity index (χ4v) is 1.32. The molecule has 0 bridgehead atoms. The van der Waals surface area contributed by atoms with Crippen molar-refractivity contribution < 1.29 is 17.2 Å². The Hall–Kier alpha value is -0.490. The summed E-state index contributed by atoms with van der Waals surface area (Å²) in [5.41, 5.74) is 0. The van der Waals surface area contributed by atoms with Gasteiger partial charge in [0.05, 0.1) is 0 Å². The second kappa shape index (κ2) is 2.28. The van der Waals surface area contributed by atoms with Gasteiger partial charge in [-0.1, -0.05) is 0 Å². The summed E-state index contributed by atoms with van der Waals surface area (Å²) in [5.74, 6) is -3.17. The van der Waals surface area contributed by atoms with Gasteiger partial charge in [0.15, 0.2) is 4.99 Å². The fraction of sp³-hybridized carbons (Fsp3) is 0.750. The highest BCUT2D eigenvalue weighted by Crippen LogP contribution is 2.22. The van der Waals surface area contributed by atoms with E-state index in [1.54, 1.807) is 0 Å². The van der Waals surface area contributed by atoms with Crippen LogP contribution in [0.25, 0.3) is 0 Å². The maximum Gasteiger partial charge on any atom is 0.298 e. The third-order valence-electron chi connectivity index (χ3n) is 1.22. The average molecular weight is 169 g/mol. The standard InChI is InChI=1S/C4H5F2NO2S/c5-4(6)1-2-7-3(4)10(8)9/h7H,1-2H2. The molecule has 0 atom stereocenters. The first-order valence-electron chi connectivity index (χ1n) is 2.62. The molecule has 0 amide bonds. The van der Waals surface area contributed by atoms with Crippen LogP contribution >= 0.6 is 0 Å². The van der Waals surface area contributed by atoms with Gasteiger partial charge in [0, 0.05) is 13.0 Å². The Labute approximate surface area is 57.6 Å². The van der Waals surface area contributed by atoms with Crippen LogP contribution < -0.4 is 5.32 Å². The first-order chi connectivity index (χ1) is 4.54. The molecular formula is C4H5F2NO2S. The predicted octanol–water partition coefficient (Wildman–Crippen LogP) is -0.376. The molecule has 1 saturated heterocycles. The van der Waals surface area contributed by atoms with Gasteiger partial charge in [-0.25, -0.2) is 0 Å². The van der Waals surface area contributed by atoms with Crippen LogP contribution in [-0.4, -0.2) is 25.9 Å². The molecule has 1 N–H and O–H groups in total. The van der Waals surface area contributed by atoms with Gasteiger partial charge in [-0.05, 0) is 0 Å². The highest BCUT2D eigenvalue weighted by atomic mass is 32.2. The Morgan fingerprint density at radius 3 is 2.30 bits per heavy atom. The van der Waals surface area contributed by atoms with Gasteiger partial charge in [-0.15, -0.1) is 0 Å². The second-order valence-corrected chi connectivity index (χ2v) is 2.82. The highest BCUT2D eigenvalue weighted by molar-refractivity contribution is 7.73. The van der Waals surface area contributed by atoms with E-state index in [1.165, 1.54) is 0 Å². The van der Waals surface area contributed by atoms with Crippen molar-refractivity contribution in [3.63, 3.8) is 0 Å². The van der Waals surface area contributed by atoms with Gasteiger partial charge in [0.25, 0.3) is 5.92 Å². The maximum absolute atomic E-state index is 12.4. The Kier molecular flexibility index (Phi) is 1.74. The fourth-order valence-electron chi connectivity index (χ4n) is 0.757. The number of hydrogen-bond acceptors (Lipinski definition) is 2. The summed E-state index contributed by atoms with van der Waals surface area (Å²) < 4.78 is 44.8. The molecule has 1 aliphatic rings. The topological polar surface area (TPSA) is 46.2 Å². The molecule has 1 fully saturated rings. The summed E-state index contributed by atoms with van der Waals surface area (Å²) in [5, 5.41) is 2.10. The Morgan fingerprint density at radius 2 is 2.10 bits per heavy atom. The van der Waals surface area contributed by atoms with E-state index in [-0.39, 0.29) is 6.54 Å². The minimum atomic E-state index is -3.17. The first kappa shape index (κ1) is 7.62.